The van der Waals surface area contributed by atoms with Crippen molar-refractivity contribution in [2.75, 3.05) is 5.32 Å². The molecule has 0 radical (unpaired) electrons. The first-order valence-electron chi connectivity index (χ1n) is 13.9. The second-order valence-electron chi connectivity index (χ2n) is 11.4. The van der Waals surface area contributed by atoms with Crippen LogP contribution >= 0.6 is 11.3 Å². The Balaban J connectivity index is 1.48. The largest absolute Gasteiger partial charge is 0.465 e. The molecule has 10 nitrogen and oxygen atoms in total. The van der Waals surface area contributed by atoms with Crippen LogP contribution in [0.25, 0.3) is 11.2 Å². The van der Waals surface area contributed by atoms with Crippen LogP contribution < -0.4 is 10.6 Å². The van der Waals surface area contributed by atoms with Gasteiger partial charge >= 0.3 is 6.09 Å². The predicted molar refractivity (Wildman–Crippen MR) is 150 cm³/mol. The van der Waals surface area contributed by atoms with Gasteiger partial charge in [-0.2, -0.15) is 0 Å². The summed E-state index contributed by atoms with van der Waals surface area (Å²) in [6.45, 7) is 2.95. The summed E-state index contributed by atoms with van der Waals surface area (Å²) in [6.07, 6.45) is 14.1. The number of hydrogen-bond donors (Lipinski definition) is 4. The van der Waals surface area contributed by atoms with E-state index >= 15 is 0 Å². The predicted octanol–water partition coefficient (Wildman–Crippen LogP) is 5.00. The lowest BCUT2D eigenvalue weighted by atomic mass is 9.80. The van der Waals surface area contributed by atoms with E-state index in [0.29, 0.717) is 29.2 Å². The number of thiazole rings is 1. The van der Waals surface area contributed by atoms with Crippen molar-refractivity contribution in [2.45, 2.75) is 82.7 Å². The monoisotopic (exact) mass is 546 g/mol. The van der Waals surface area contributed by atoms with Gasteiger partial charge in [-0.25, -0.2) is 24.7 Å². The highest BCUT2D eigenvalue weighted by Crippen LogP contribution is 2.53. The van der Waals surface area contributed by atoms with E-state index in [-0.39, 0.29) is 23.1 Å². The van der Waals surface area contributed by atoms with Gasteiger partial charge in [0, 0.05) is 23.9 Å². The van der Waals surface area contributed by atoms with Gasteiger partial charge in [-0.3, -0.25) is 10.7 Å². The number of nitrogens with zero attached hydrogens (tertiary/aromatic N) is 5. The van der Waals surface area contributed by atoms with Crippen LogP contribution in [0.15, 0.2) is 10.9 Å². The van der Waals surface area contributed by atoms with Crippen LogP contribution in [-0.4, -0.2) is 47.6 Å². The first kappa shape index (κ1) is 25.7. The normalized spacial score (nSPS) is 23.0. The van der Waals surface area contributed by atoms with Crippen LogP contribution in [0.3, 0.4) is 0 Å². The summed E-state index contributed by atoms with van der Waals surface area (Å²) in [7, 11) is 0. The zero-order chi connectivity index (χ0) is 27.1. The maximum absolute atomic E-state index is 11.3. The zero-order valence-electron chi connectivity index (χ0n) is 22.1. The minimum absolute atomic E-state index is 0.0115. The number of rotatable bonds is 8. The van der Waals surface area contributed by atoms with Crippen molar-refractivity contribution in [3.63, 3.8) is 0 Å². The molecule has 3 fully saturated rings. The molecule has 39 heavy (non-hydrogen) atoms. The molecule has 3 aromatic heterocycles. The number of fused-ring (bicyclic) bond motifs is 1. The van der Waals surface area contributed by atoms with Crippen molar-refractivity contribution in [3.05, 3.63) is 28.2 Å². The van der Waals surface area contributed by atoms with E-state index in [0.717, 1.165) is 62.1 Å². The summed E-state index contributed by atoms with van der Waals surface area (Å²) in [6, 6.07) is 0.178. The molecule has 6 rings (SSSR count). The van der Waals surface area contributed by atoms with E-state index in [2.05, 4.69) is 43.4 Å². The van der Waals surface area contributed by atoms with Crippen molar-refractivity contribution in [2.24, 2.45) is 17.8 Å². The molecular formula is C28H34N8O2S. The summed E-state index contributed by atoms with van der Waals surface area (Å²) in [5.74, 6) is 5.48. The average Bonchev–Trinajstić information content (AvgIpc) is 3.31. The van der Waals surface area contributed by atoms with Gasteiger partial charge in [0.2, 0.25) is 0 Å². The molecule has 4 N–H and O–H groups in total. The third-order valence-electron chi connectivity index (χ3n) is 8.90. The highest BCUT2D eigenvalue weighted by Gasteiger charge is 2.52. The van der Waals surface area contributed by atoms with Crippen LogP contribution in [0.4, 0.5) is 10.6 Å². The Morgan fingerprint density at radius 3 is 2.62 bits per heavy atom. The van der Waals surface area contributed by atoms with Crippen LogP contribution in [0.5, 0.6) is 0 Å². The molecule has 3 heterocycles. The molecule has 1 amide bonds. The number of nitrogens with one attached hydrogen (secondary N) is 3. The summed E-state index contributed by atoms with van der Waals surface area (Å²) in [5.41, 5.74) is 3.94. The Morgan fingerprint density at radius 2 is 2.03 bits per heavy atom. The fourth-order valence-corrected chi connectivity index (χ4v) is 6.82. The number of anilines is 1. The second kappa shape index (κ2) is 10.2. The highest BCUT2D eigenvalue weighted by molar-refractivity contribution is 7.07. The zero-order valence-corrected chi connectivity index (χ0v) is 22.9. The van der Waals surface area contributed by atoms with Gasteiger partial charge < -0.3 is 15.0 Å². The maximum atomic E-state index is 11.3. The van der Waals surface area contributed by atoms with Crippen molar-refractivity contribution >= 4 is 40.2 Å². The maximum Gasteiger partial charge on any atom is 0.410 e. The molecule has 3 aliphatic carbocycles. The third kappa shape index (κ3) is 4.86. The van der Waals surface area contributed by atoms with Gasteiger partial charge in [-0.1, -0.05) is 6.42 Å². The standard InChI is InChI=1S/C28H34N8O2S/c1-3-17-7-9-18(10-8-17)13-36-21-23(31-16(2)19-5-4-6-19)33-25(22(29)32-27(37)38)34-24(21)35-26(36)28(11-12-28)20-14-39-15-30-20/h1,14-19H,4-13H2,2H3,(H2,29,32)(H,37,38)(H,31,33,34)/t16-,17-,18-/m1/s1. The smallest absolute Gasteiger partial charge is 0.410 e. The third-order valence-corrected chi connectivity index (χ3v) is 9.49. The lowest BCUT2D eigenvalue weighted by molar-refractivity contribution is 0.200. The van der Waals surface area contributed by atoms with Crippen molar-refractivity contribution in [3.8, 4) is 12.3 Å². The van der Waals surface area contributed by atoms with E-state index in [1.165, 1.54) is 19.3 Å². The average molecular weight is 547 g/mol. The number of amides is 1. The molecule has 3 saturated carbocycles. The van der Waals surface area contributed by atoms with Crippen LogP contribution in [0, 0.1) is 35.5 Å². The Morgan fingerprint density at radius 1 is 1.26 bits per heavy atom. The lowest BCUT2D eigenvalue weighted by Gasteiger charge is -2.32. The molecule has 0 aliphatic heterocycles. The molecular weight excluding hydrogens is 512 g/mol. The molecule has 0 unspecified atom stereocenters. The van der Waals surface area contributed by atoms with E-state index in [9.17, 15) is 9.90 Å². The molecule has 204 valence electrons. The van der Waals surface area contributed by atoms with Gasteiger partial charge in [-0.15, -0.1) is 23.7 Å². The fraction of sp³-hybridized carbons (Fsp3) is 0.571. The molecule has 0 bridgehead atoms. The van der Waals surface area contributed by atoms with Crippen LogP contribution in [-0.2, 0) is 12.0 Å². The summed E-state index contributed by atoms with van der Waals surface area (Å²) in [4.78, 5) is 30.4. The number of carboxylic acid groups (broad SMARTS) is 1. The molecule has 1 atom stereocenters. The Labute approximate surface area is 231 Å². The number of terminal acetylenes is 1. The van der Waals surface area contributed by atoms with Gasteiger partial charge in [0.1, 0.15) is 11.3 Å². The number of imidazole rings is 1. The van der Waals surface area contributed by atoms with E-state index in [1.54, 1.807) is 11.3 Å². The molecule has 3 aliphatic rings. The van der Waals surface area contributed by atoms with E-state index < -0.39 is 6.09 Å². The van der Waals surface area contributed by atoms with E-state index in [4.69, 9.17) is 21.8 Å². The summed E-state index contributed by atoms with van der Waals surface area (Å²) >= 11 is 1.59. The second-order valence-corrected chi connectivity index (χ2v) is 12.1. The number of aromatic nitrogens is 5. The first-order chi connectivity index (χ1) is 18.9. The number of amidine groups is 1. The fourth-order valence-electron chi connectivity index (χ4n) is 6.17. The Bertz CT molecular complexity index is 1430. The van der Waals surface area contributed by atoms with E-state index in [1.807, 2.05) is 5.51 Å². The lowest BCUT2D eigenvalue weighted by Crippen LogP contribution is -2.33. The number of hydrogen-bond acceptors (Lipinski definition) is 8. The van der Waals surface area contributed by atoms with Crippen molar-refractivity contribution < 1.29 is 9.90 Å². The number of carbonyl (C=O) groups is 1. The molecule has 0 spiro atoms. The molecule has 0 saturated heterocycles. The Hall–Kier alpha value is -3.52. The summed E-state index contributed by atoms with van der Waals surface area (Å²) in [5, 5.41) is 25.3. The highest BCUT2D eigenvalue weighted by atomic mass is 32.1. The Kier molecular flexibility index (Phi) is 6.75. The topological polar surface area (TPSA) is 142 Å². The quantitative estimate of drug-likeness (QED) is 0.177. The summed E-state index contributed by atoms with van der Waals surface area (Å²) < 4.78 is 2.30. The van der Waals surface area contributed by atoms with Crippen LogP contribution in [0.1, 0.15) is 82.1 Å². The SMILES string of the molecule is C#C[C@H]1CC[C@H](Cn2c(C3(c4cscn4)CC3)nc3nc(C(=N)NC(=O)O)nc(N[C@H](C)C4CCC4)c32)CC1. The molecule has 11 heteroatoms. The van der Waals surface area contributed by atoms with Gasteiger partial charge in [0.05, 0.1) is 16.6 Å². The van der Waals surface area contributed by atoms with Gasteiger partial charge in [0.15, 0.2) is 23.1 Å². The van der Waals surface area contributed by atoms with Crippen LogP contribution in [0.2, 0.25) is 0 Å². The van der Waals surface area contributed by atoms with Gasteiger partial charge in [0.25, 0.3) is 0 Å². The van der Waals surface area contributed by atoms with Crippen molar-refractivity contribution in [1.29, 1.82) is 5.41 Å². The molecule has 0 aromatic carbocycles. The van der Waals surface area contributed by atoms with Crippen molar-refractivity contribution in [1.82, 2.24) is 29.8 Å². The van der Waals surface area contributed by atoms with Gasteiger partial charge in [-0.05, 0) is 70.1 Å². The minimum atomic E-state index is -1.32. The minimum Gasteiger partial charge on any atom is -0.465 e. The molecule has 3 aromatic rings. The first-order valence-corrected chi connectivity index (χ1v) is 14.8.